The van der Waals surface area contributed by atoms with Gasteiger partial charge in [-0.15, -0.1) is 0 Å². The Hall–Kier alpha value is -1.55. The van der Waals surface area contributed by atoms with E-state index in [-0.39, 0.29) is 5.54 Å². The van der Waals surface area contributed by atoms with E-state index in [1.165, 1.54) is 37.9 Å². The summed E-state index contributed by atoms with van der Waals surface area (Å²) < 4.78 is 0. The first kappa shape index (κ1) is 16.8. The number of hydrogen-bond donors (Lipinski definition) is 2. The van der Waals surface area contributed by atoms with Crippen LogP contribution in [0.3, 0.4) is 0 Å². The molecule has 1 aliphatic rings. The quantitative estimate of drug-likeness (QED) is 0.649. The average Bonchev–Trinajstić information content (AvgIpc) is 2.57. The highest BCUT2D eigenvalue weighted by atomic mass is 15.2. The molecule has 0 aromatic heterocycles. The molecule has 2 rings (SSSR count). The number of rotatable bonds is 5. The van der Waals surface area contributed by atoms with Gasteiger partial charge in [-0.05, 0) is 45.3 Å². The first-order valence-corrected chi connectivity index (χ1v) is 8.35. The predicted molar refractivity (Wildman–Crippen MR) is 94.1 cm³/mol. The zero-order valence-electron chi connectivity index (χ0n) is 14.2. The van der Waals surface area contributed by atoms with Gasteiger partial charge in [0.15, 0.2) is 5.96 Å². The molecule has 122 valence electrons. The summed E-state index contributed by atoms with van der Waals surface area (Å²) in [6, 6.07) is 10.4. The Balaban J connectivity index is 1.80. The van der Waals surface area contributed by atoms with Crippen molar-refractivity contribution in [2.75, 3.05) is 26.7 Å². The number of hydrogen-bond acceptors (Lipinski definition) is 2. The first-order chi connectivity index (χ1) is 10.6. The third-order valence-electron chi connectivity index (χ3n) is 4.43. The van der Waals surface area contributed by atoms with Crippen LogP contribution in [0.5, 0.6) is 0 Å². The molecule has 4 heteroatoms. The number of nitrogens with zero attached hydrogens (tertiary/aromatic N) is 2. The van der Waals surface area contributed by atoms with Crippen molar-refractivity contribution < 1.29 is 0 Å². The number of benzene rings is 1. The van der Waals surface area contributed by atoms with Crippen LogP contribution in [0.4, 0.5) is 0 Å². The molecule has 0 amide bonds. The molecule has 0 unspecified atom stereocenters. The van der Waals surface area contributed by atoms with E-state index in [0.29, 0.717) is 0 Å². The van der Waals surface area contributed by atoms with E-state index < -0.39 is 0 Å². The van der Waals surface area contributed by atoms with Gasteiger partial charge in [0.25, 0.3) is 0 Å². The van der Waals surface area contributed by atoms with Crippen molar-refractivity contribution >= 4 is 5.96 Å². The Morgan fingerprint density at radius 1 is 1.09 bits per heavy atom. The Morgan fingerprint density at radius 3 is 2.41 bits per heavy atom. The largest absolute Gasteiger partial charge is 0.355 e. The molecule has 0 atom stereocenters. The molecule has 0 bridgehead atoms. The van der Waals surface area contributed by atoms with Crippen molar-refractivity contribution in [2.45, 2.75) is 45.2 Å². The second kappa shape index (κ2) is 8.18. The van der Waals surface area contributed by atoms with Gasteiger partial charge >= 0.3 is 0 Å². The van der Waals surface area contributed by atoms with E-state index >= 15 is 0 Å². The molecule has 1 aliphatic heterocycles. The molecule has 4 nitrogen and oxygen atoms in total. The summed E-state index contributed by atoms with van der Waals surface area (Å²) in [7, 11) is 1.83. The van der Waals surface area contributed by atoms with Crippen molar-refractivity contribution in [2.24, 2.45) is 4.99 Å². The predicted octanol–water partition coefficient (Wildman–Crippen LogP) is 2.62. The normalized spacial score (nSPS) is 17.3. The third-order valence-corrected chi connectivity index (χ3v) is 4.43. The maximum Gasteiger partial charge on any atom is 0.191 e. The van der Waals surface area contributed by atoms with Gasteiger partial charge in [0.1, 0.15) is 0 Å². The molecular formula is C18H30N4. The van der Waals surface area contributed by atoms with Crippen LogP contribution in [0.1, 0.15) is 38.7 Å². The van der Waals surface area contributed by atoms with E-state index in [1.807, 2.05) is 13.1 Å². The van der Waals surface area contributed by atoms with E-state index in [2.05, 4.69) is 58.6 Å². The van der Waals surface area contributed by atoms with Crippen LogP contribution in [0.2, 0.25) is 0 Å². The molecule has 0 radical (unpaired) electrons. The van der Waals surface area contributed by atoms with Crippen LogP contribution in [0, 0.1) is 0 Å². The fourth-order valence-electron chi connectivity index (χ4n) is 2.91. The van der Waals surface area contributed by atoms with Crippen molar-refractivity contribution in [3.8, 4) is 0 Å². The molecule has 1 aromatic carbocycles. The fourth-order valence-corrected chi connectivity index (χ4v) is 2.91. The van der Waals surface area contributed by atoms with Crippen LogP contribution in [-0.4, -0.2) is 43.1 Å². The maximum atomic E-state index is 4.33. The van der Waals surface area contributed by atoms with Crippen LogP contribution in [0.25, 0.3) is 0 Å². The van der Waals surface area contributed by atoms with Crippen molar-refractivity contribution in [3.05, 3.63) is 35.9 Å². The summed E-state index contributed by atoms with van der Waals surface area (Å²) in [4.78, 5) is 6.92. The Kier molecular flexibility index (Phi) is 6.25. The van der Waals surface area contributed by atoms with Crippen molar-refractivity contribution in [1.82, 2.24) is 15.5 Å². The highest BCUT2D eigenvalue weighted by molar-refractivity contribution is 5.79. The molecule has 22 heavy (non-hydrogen) atoms. The smallest absolute Gasteiger partial charge is 0.191 e. The van der Waals surface area contributed by atoms with Gasteiger partial charge in [-0.25, -0.2) is 0 Å². The lowest BCUT2D eigenvalue weighted by molar-refractivity contribution is 0.0982. The topological polar surface area (TPSA) is 39.7 Å². The molecule has 1 fully saturated rings. The molecular weight excluding hydrogens is 272 g/mol. The number of nitrogens with one attached hydrogen (secondary N) is 2. The maximum absolute atomic E-state index is 4.33. The lowest BCUT2D eigenvalue weighted by Gasteiger charge is -2.41. The summed E-state index contributed by atoms with van der Waals surface area (Å²) in [6.07, 6.45) is 4.02. The van der Waals surface area contributed by atoms with Crippen LogP contribution in [-0.2, 0) is 6.54 Å². The van der Waals surface area contributed by atoms with E-state index in [0.717, 1.165) is 19.0 Å². The minimum absolute atomic E-state index is 0.158. The standard InChI is InChI=1S/C18H30N4/c1-18(2,22-12-8-5-9-13-22)15-21-17(19-3)20-14-16-10-6-4-7-11-16/h4,6-7,10-11H,5,8-9,12-15H2,1-3H3,(H2,19,20,21). The lowest BCUT2D eigenvalue weighted by Crippen LogP contribution is -2.54. The monoisotopic (exact) mass is 302 g/mol. The molecule has 1 heterocycles. The van der Waals surface area contributed by atoms with Gasteiger partial charge in [0, 0.05) is 25.7 Å². The Bertz CT molecular complexity index is 461. The van der Waals surface area contributed by atoms with Crippen molar-refractivity contribution in [3.63, 3.8) is 0 Å². The molecule has 1 saturated heterocycles. The Morgan fingerprint density at radius 2 is 1.77 bits per heavy atom. The number of likely N-dealkylation sites (tertiary alicyclic amines) is 1. The number of aliphatic imine (C=N–C) groups is 1. The SMILES string of the molecule is CN=C(NCc1ccccc1)NCC(C)(C)N1CCCCC1. The van der Waals surface area contributed by atoms with Crippen LogP contribution in [0.15, 0.2) is 35.3 Å². The molecule has 1 aromatic rings. The van der Waals surface area contributed by atoms with Gasteiger partial charge < -0.3 is 10.6 Å². The number of piperidine rings is 1. The summed E-state index contributed by atoms with van der Waals surface area (Å²) in [5.74, 6) is 0.869. The van der Waals surface area contributed by atoms with Gasteiger partial charge in [-0.3, -0.25) is 9.89 Å². The Labute approximate surface area is 135 Å². The van der Waals surface area contributed by atoms with Crippen LogP contribution < -0.4 is 10.6 Å². The number of guanidine groups is 1. The van der Waals surface area contributed by atoms with Crippen molar-refractivity contribution in [1.29, 1.82) is 0 Å². The van der Waals surface area contributed by atoms with Gasteiger partial charge in [-0.1, -0.05) is 36.8 Å². The summed E-state index contributed by atoms with van der Waals surface area (Å²) in [5, 5.41) is 6.86. The van der Waals surface area contributed by atoms with E-state index in [9.17, 15) is 0 Å². The van der Waals surface area contributed by atoms with Crippen LogP contribution >= 0.6 is 0 Å². The highest BCUT2D eigenvalue weighted by Crippen LogP contribution is 2.19. The summed E-state index contributed by atoms with van der Waals surface area (Å²) in [6.45, 7) is 8.76. The van der Waals surface area contributed by atoms with Gasteiger partial charge in [0.2, 0.25) is 0 Å². The molecule has 0 spiro atoms. The zero-order valence-corrected chi connectivity index (χ0v) is 14.2. The molecule has 0 aliphatic carbocycles. The average molecular weight is 302 g/mol. The van der Waals surface area contributed by atoms with E-state index in [4.69, 9.17) is 0 Å². The fraction of sp³-hybridized carbons (Fsp3) is 0.611. The zero-order chi connectivity index (χ0) is 15.8. The summed E-state index contributed by atoms with van der Waals surface area (Å²) in [5.41, 5.74) is 1.42. The molecule has 2 N–H and O–H groups in total. The second-order valence-electron chi connectivity index (χ2n) is 6.63. The first-order valence-electron chi connectivity index (χ1n) is 8.35. The minimum Gasteiger partial charge on any atom is -0.355 e. The van der Waals surface area contributed by atoms with Gasteiger partial charge in [0.05, 0.1) is 0 Å². The minimum atomic E-state index is 0.158. The lowest BCUT2D eigenvalue weighted by atomic mass is 9.98. The third kappa shape index (κ3) is 5.02. The second-order valence-corrected chi connectivity index (χ2v) is 6.63. The highest BCUT2D eigenvalue weighted by Gasteiger charge is 2.27. The van der Waals surface area contributed by atoms with Gasteiger partial charge in [-0.2, -0.15) is 0 Å². The molecule has 0 saturated carbocycles. The summed E-state index contributed by atoms with van der Waals surface area (Å²) >= 11 is 0. The van der Waals surface area contributed by atoms with E-state index in [1.54, 1.807) is 0 Å².